The molecule has 1 aromatic heterocycles. The van der Waals surface area contributed by atoms with Crippen molar-refractivity contribution in [2.75, 3.05) is 5.73 Å². The smallest absolute Gasteiger partial charge is 0.125 e. The minimum Gasteiger partial charge on any atom is -0.398 e. The van der Waals surface area contributed by atoms with Crippen LogP contribution in [0.1, 0.15) is 31.2 Å². The lowest BCUT2D eigenvalue weighted by molar-refractivity contribution is 0.842. The Bertz CT molecular complexity index is 533. The van der Waals surface area contributed by atoms with Gasteiger partial charge in [-0.05, 0) is 24.5 Å². The molecular formula is C14H17N3. The average Bonchev–Trinajstić information content (AvgIpc) is 2.29. The summed E-state index contributed by atoms with van der Waals surface area (Å²) in [5.41, 5.74) is 9.84. The standard InChI is InChI=1S/C14H17N3/c1-9(2)12-8-16-10(3)17-14(12)11-6-4-5-7-13(11)15/h4-9H,15H2,1-3H3. The molecule has 0 unspecified atom stereocenters. The molecule has 0 fully saturated rings. The molecule has 3 nitrogen and oxygen atoms in total. The minimum atomic E-state index is 0.380. The van der Waals surface area contributed by atoms with Crippen LogP contribution in [0.4, 0.5) is 5.69 Å². The Balaban J connectivity index is 2.65. The molecule has 17 heavy (non-hydrogen) atoms. The summed E-state index contributed by atoms with van der Waals surface area (Å²) < 4.78 is 0. The lowest BCUT2D eigenvalue weighted by Gasteiger charge is -2.13. The number of hydrogen-bond acceptors (Lipinski definition) is 3. The zero-order chi connectivity index (χ0) is 12.4. The van der Waals surface area contributed by atoms with Gasteiger partial charge in [0, 0.05) is 17.4 Å². The Kier molecular flexibility index (Phi) is 3.09. The van der Waals surface area contributed by atoms with Crippen molar-refractivity contribution in [2.24, 2.45) is 0 Å². The highest BCUT2D eigenvalue weighted by atomic mass is 14.9. The topological polar surface area (TPSA) is 51.8 Å². The number of nitrogens with two attached hydrogens (primary N) is 1. The van der Waals surface area contributed by atoms with Gasteiger partial charge in [0.25, 0.3) is 0 Å². The summed E-state index contributed by atoms with van der Waals surface area (Å²) in [6.07, 6.45) is 1.90. The zero-order valence-corrected chi connectivity index (χ0v) is 10.4. The van der Waals surface area contributed by atoms with Gasteiger partial charge in [-0.1, -0.05) is 32.0 Å². The summed E-state index contributed by atoms with van der Waals surface area (Å²) in [6.45, 7) is 6.17. The van der Waals surface area contributed by atoms with Crippen LogP contribution < -0.4 is 5.73 Å². The first-order chi connectivity index (χ1) is 8.09. The molecule has 0 radical (unpaired) electrons. The lowest BCUT2D eigenvalue weighted by Crippen LogP contribution is -2.01. The summed E-state index contributed by atoms with van der Waals surface area (Å²) in [5.74, 6) is 1.15. The number of rotatable bonds is 2. The van der Waals surface area contributed by atoms with Gasteiger partial charge in [-0.3, -0.25) is 0 Å². The second kappa shape index (κ2) is 4.53. The molecule has 0 aliphatic rings. The van der Waals surface area contributed by atoms with Gasteiger partial charge in [0.2, 0.25) is 0 Å². The van der Waals surface area contributed by atoms with Crippen LogP contribution in [0.15, 0.2) is 30.5 Å². The highest BCUT2D eigenvalue weighted by Crippen LogP contribution is 2.30. The molecule has 2 aromatic rings. The molecule has 3 heteroatoms. The van der Waals surface area contributed by atoms with E-state index in [2.05, 4.69) is 23.8 Å². The van der Waals surface area contributed by atoms with Crippen LogP contribution in [0.3, 0.4) is 0 Å². The van der Waals surface area contributed by atoms with Gasteiger partial charge in [0.15, 0.2) is 0 Å². The molecule has 0 saturated heterocycles. The Labute approximate surface area is 102 Å². The summed E-state index contributed by atoms with van der Waals surface area (Å²) in [7, 11) is 0. The second-order valence-electron chi connectivity index (χ2n) is 4.46. The first kappa shape index (κ1) is 11.6. The Hall–Kier alpha value is -1.90. The van der Waals surface area contributed by atoms with E-state index in [1.54, 1.807) is 0 Å². The van der Waals surface area contributed by atoms with E-state index < -0.39 is 0 Å². The van der Waals surface area contributed by atoms with E-state index in [0.717, 1.165) is 28.3 Å². The maximum Gasteiger partial charge on any atom is 0.125 e. The summed E-state index contributed by atoms with van der Waals surface area (Å²) in [4.78, 5) is 8.80. The number of anilines is 1. The van der Waals surface area contributed by atoms with Crippen LogP contribution in [0, 0.1) is 6.92 Å². The highest BCUT2D eigenvalue weighted by molar-refractivity contribution is 5.75. The molecule has 0 aliphatic carbocycles. The fourth-order valence-electron chi connectivity index (χ4n) is 1.83. The van der Waals surface area contributed by atoms with Gasteiger partial charge in [-0.2, -0.15) is 0 Å². The first-order valence-corrected chi connectivity index (χ1v) is 5.78. The summed E-state index contributed by atoms with van der Waals surface area (Å²) in [6, 6.07) is 7.81. The van der Waals surface area contributed by atoms with E-state index in [1.165, 1.54) is 0 Å². The maximum atomic E-state index is 6.01. The predicted octanol–water partition coefficient (Wildman–Crippen LogP) is 3.16. The number of aryl methyl sites for hydroxylation is 1. The first-order valence-electron chi connectivity index (χ1n) is 5.78. The molecular weight excluding hydrogens is 210 g/mol. The van der Waals surface area contributed by atoms with Crippen LogP contribution >= 0.6 is 0 Å². The maximum absolute atomic E-state index is 6.01. The highest BCUT2D eigenvalue weighted by Gasteiger charge is 2.13. The number of nitrogens with zero attached hydrogens (tertiary/aromatic N) is 2. The number of benzene rings is 1. The quantitative estimate of drug-likeness (QED) is 0.802. The summed E-state index contributed by atoms with van der Waals surface area (Å²) >= 11 is 0. The van der Waals surface area contributed by atoms with Crippen LogP contribution in [-0.4, -0.2) is 9.97 Å². The van der Waals surface area contributed by atoms with Crippen molar-refractivity contribution >= 4 is 5.69 Å². The van der Waals surface area contributed by atoms with Crippen molar-refractivity contribution in [3.8, 4) is 11.3 Å². The van der Waals surface area contributed by atoms with Crippen molar-refractivity contribution < 1.29 is 0 Å². The number of para-hydroxylation sites is 1. The molecule has 2 rings (SSSR count). The Morgan fingerprint density at radius 3 is 2.53 bits per heavy atom. The lowest BCUT2D eigenvalue weighted by atomic mass is 9.98. The van der Waals surface area contributed by atoms with Crippen molar-refractivity contribution in [3.05, 3.63) is 41.9 Å². The fraction of sp³-hybridized carbons (Fsp3) is 0.286. The van der Waals surface area contributed by atoms with Gasteiger partial charge in [0.05, 0.1) is 5.69 Å². The van der Waals surface area contributed by atoms with E-state index >= 15 is 0 Å². The van der Waals surface area contributed by atoms with E-state index in [9.17, 15) is 0 Å². The van der Waals surface area contributed by atoms with Gasteiger partial charge < -0.3 is 5.73 Å². The van der Waals surface area contributed by atoms with E-state index in [-0.39, 0.29) is 0 Å². The van der Waals surface area contributed by atoms with Gasteiger partial charge in [-0.15, -0.1) is 0 Å². The normalized spacial score (nSPS) is 10.8. The van der Waals surface area contributed by atoms with Crippen molar-refractivity contribution in [3.63, 3.8) is 0 Å². The van der Waals surface area contributed by atoms with Crippen molar-refractivity contribution in [1.29, 1.82) is 0 Å². The third-order valence-corrected chi connectivity index (χ3v) is 2.78. The predicted molar refractivity (Wildman–Crippen MR) is 70.7 cm³/mol. The molecule has 0 atom stereocenters. The molecule has 0 aliphatic heterocycles. The number of hydrogen-bond donors (Lipinski definition) is 1. The largest absolute Gasteiger partial charge is 0.398 e. The molecule has 1 aromatic carbocycles. The van der Waals surface area contributed by atoms with Crippen molar-refractivity contribution in [1.82, 2.24) is 9.97 Å². The van der Waals surface area contributed by atoms with Crippen LogP contribution in [0.25, 0.3) is 11.3 Å². The Morgan fingerprint density at radius 1 is 1.18 bits per heavy atom. The molecule has 0 amide bonds. The molecule has 0 saturated carbocycles. The second-order valence-corrected chi connectivity index (χ2v) is 4.46. The molecule has 0 bridgehead atoms. The molecule has 0 spiro atoms. The molecule has 1 heterocycles. The van der Waals surface area contributed by atoms with E-state index in [0.29, 0.717) is 5.92 Å². The van der Waals surface area contributed by atoms with Crippen molar-refractivity contribution in [2.45, 2.75) is 26.7 Å². The van der Waals surface area contributed by atoms with Crippen LogP contribution in [0.5, 0.6) is 0 Å². The zero-order valence-electron chi connectivity index (χ0n) is 10.4. The van der Waals surface area contributed by atoms with Gasteiger partial charge in [-0.25, -0.2) is 9.97 Å². The summed E-state index contributed by atoms with van der Waals surface area (Å²) in [5, 5.41) is 0. The van der Waals surface area contributed by atoms with Gasteiger partial charge in [0.1, 0.15) is 5.82 Å². The SMILES string of the molecule is Cc1ncc(C(C)C)c(-c2ccccc2N)n1. The van der Waals surface area contributed by atoms with E-state index in [4.69, 9.17) is 5.73 Å². The van der Waals surface area contributed by atoms with Gasteiger partial charge >= 0.3 is 0 Å². The minimum absolute atomic E-state index is 0.380. The third kappa shape index (κ3) is 2.28. The van der Waals surface area contributed by atoms with Crippen LogP contribution in [0.2, 0.25) is 0 Å². The number of nitrogen functional groups attached to an aromatic ring is 1. The molecule has 88 valence electrons. The van der Waals surface area contributed by atoms with Crippen LogP contribution in [-0.2, 0) is 0 Å². The fourth-order valence-corrected chi connectivity index (χ4v) is 1.83. The van der Waals surface area contributed by atoms with E-state index in [1.807, 2.05) is 37.4 Å². The number of aromatic nitrogens is 2. The molecule has 2 N–H and O–H groups in total. The average molecular weight is 227 g/mol. The third-order valence-electron chi connectivity index (χ3n) is 2.78. The Morgan fingerprint density at radius 2 is 1.88 bits per heavy atom. The monoisotopic (exact) mass is 227 g/mol.